The van der Waals surface area contributed by atoms with Crippen LogP contribution in [0.1, 0.15) is 61.8 Å². The van der Waals surface area contributed by atoms with Crippen molar-refractivity contribution >= 4 is 17.7 Å². The third kappa shape index (κ3) is 9.19. The number of halogens is 3. The van der Waals surface area contributed by atoms with Crippen molar-refractivity contribution in [1.82, 2.24) is 4.98 Å². The lowest BCUT2D eigenvalue weighted by molar-refractivity contribution is -0.159. The normalized spacial score (nSPS) is 13.4. The molecule has 44 heavy (non-hydrogen) atoms. The minimum Gasteiger partial charge on any atom is -0.493 e. The molecule has 0 unspecified atom stereocenters. The summed E-state index contributed by atoms with van der Waals surface area (Å²) < 4.78 is 66.5. The first-order chi connectivity index (χ1) is 20.8. The molecule has 3 aromatic rings. The fraction of sp³-hybridized carbons (Fsp3) is 0.375. The van der Waals surface area contributed by atoms with E-state index in [1.54, 1.807) is 51.1 Å². The van der Waals surface area contributed by atoms with E-state index in [0.717, 1.165) is 12.1 Å². The van der Waals surface area contributed by atoms with E-state index in [2.05, 4.69) is 4.98 Å². The highest BCUT2D eigenvalue weighted by atomic mass is 19.4. The van der Waals surface area contributed by atoms with Gasteiger partial charge in [-0.05, 0) is 42.7 Å². The molecule has 3 atom stereocenters. The highest BCUT2D eigenvalue weighted by Crippen LogP contribution is 2.34. The number of hydrogen-bond acceptors (Lipinski definition) is 9. The molecule has 12 heteroatoms. The molecule has 0 bridgehead atoms. The monoisotopic (exact) mass is 617 g/mol. The van der Waals surface area contributed by atoms with Crippen molar-refractivity contribution in [3.63, 3.8) is 0 Å². The van der Waals surface area contributed by atoms with Gasteiger partial charge in [-0.15, -0.1) is 0 Å². The third-order valence-corrected chi connectivity index (χ3v) is 6.63. The molecule has 0 saturated carbocycles. The van der Waals surface area contributed by atoms with Crippen molar-refractivity contribution in [2.45, 2.75) is 52.5 Å². The number of ether oxygens (including phenoxy) is 5. The van der Waals surface area contributed by atoms with E-state index in [4.69, 9.17) is 23.7 Å². The van der Waals surface area contributed by atoms with E-state index in [0.29, 0.717) is 5.56 Å². The SMILES string of the molecule is COc1ccnc(C(=O)C[C@H](C(=O)O[C@@H](C)[C@H](Oc2ccc(C(F)(F)F)cc2)c2ccccc2)C(C)C)c1OCOC(C)=O. The zero-order chi connectivity index (χ0) is 32.4. The van der Waals surface area contributed by atoms with Crippen LogP contribution in [0.15, 0.2) is 66.9 Å². The fourth-order valence-electron chi connectivity index (χ4n) is 4.27. The highest BCUT2D eigenvalue weighted by molar-refractivity contribution is 5.99. The molecule has 1 heterocycles. The molecule has 0 amide bonds. The molecule has 0 spiro atoms. The van der Waals surface area contributed by atoms with Gasteiger partial charge in [0.1, 0.15) is 11.9 Å². The first-order valence-corrected chi connectivity index (χ1v) is 13.7. The van der Waals surface area contributed by atoms with Crippen LogP contribution in [0, 0.1) is 11.8 Å². The molecule has 0 aliphatic rings. The maximum atomic E-state index is 13.5. The summed E-state index contributed by atoms with van der Waals surface area (Å²) in [6, 6.07) is 14.5. The largest absolute Gasteiger partial charge is 0.493 e. The van der Waals surface area contributed by atoms with Crippen LogP contribution < -0.4 is 14.2 Å². The van der Waals surface area contributed by atoms with Gasteiger partial charge < -0.3 is 23.7 Å². The summed E-state index contributed by atoms with van der Waals surface area (Å²) >= 11 is 0. The van der Waals surface area contributed by atoms with Gasteiger partial charge in [-0.3, -0.25) is 14.4 Å². The number of rotatable bonds is 14. The Morgan fingerprint density at radius 3 is 2.16 bits per heavy atom. The third-order valence-electron chi connectivity index (χ3n) is 6.63. The van der Waals surface area contributed by atoms with Crippen molar-refractivity contribution in [2.24, 2.45) is 11.8 Å². The predicted molar refractivity (Wildman–Crippen MR) is 152 cm³/mol. The number of nitrogens with zero attached hydrogens (tertiary/aromatic N) is 1. The molecule has 2 aromatic carbocycles. The van der Waals surface area contributed by atoms with Gasteiger partial charge in [0.2, 0.25) is 6.79 Å². The number of hydrogen-bond donors (Lipinski definition) is 0. The molecule has 0 radical (unpaired) electrons. The molecular formula is C32H34F3NO8. The molecule has 3 rings (SSSR count). The van der Waals surface area contributed by atoms with E-state index >= 15 is 0 Å². The molecule has 0 aliphatic carbocycles. The van der Waals surface area contributed by atoms with Gasteiger partial charge in [0.25, 0.3) is 0 Å². The number of aromatic nitrogens is 1. The summed E-state index contributed by atoms with van der Waals surface area (Å²) in [4.78, 5) is 42.2. The zero-order valence-corrected chi connectivity index (χ0v) is 24.9. The lowest BCUT2D eigenvalue weighted by Gasteiger charge is -2.28. The number of Topliss-reactive ketones (excluding diaryl/α,β-unsaturated/α-hetero) is 1. The summed E-state index contributed by atoms with van der Waals surface area (Å²) in [7, 11) is 1.37. The van der Waals surface area contributed by atoms with E-state index in [-0.39, 0.29) is 35.3 Å². The Morgan fingerprint density at radius 1 is 0.932 bits per heavy atom. The molecular weight excluding hydrogens is 583 g/mol. The quantitative estimate of drug-likeness (QED) is 0.112. The number of pyridine rings is 1. The van der Waals surface area contributed by atoms with Gasteiger partial charge in [-0.25, -0.2) is 4.98 Å². The van der Waals surface area contributed by atoms with Crippen LogP contribution in [0.4, 0.5) is 13.2 Å². The molecule has 236 valence electrons. The van der Waals surface area contributed by atoms with Crippen molar-refractivity contribution in [1.29, 1.82) is 0 Å². The van der Waals surface area contributed by atoms with Crippen molar-refractivity contribution in [3.05, 3.63) is 83.7 Å². The van der Waals surface area contributed by atoms with Gasteiger partial charge in [0, 0.05) is 25.6 Å². The van der Waals surface area contributed by atoms with E-state index < -0.39 is 54.4 Å². The van der Waals surface area contributed by atoms with Gasteiger partial charge in [0.05, 0.1) is 18.6 Å². The Bertz CT molecular complexity index is 1410. The van der Waals surface area contributed by atoms with Gasteiger partial charge in [-0.2, -0.15) is 13.2 Å². The minimum atomic E-state index is -4.50. The summed E-state index contributed by atoms with van der Waals surface area (Å²) in [6.45, 7) is 5.84. The van der Waals surface area contributed by atoms with Crippen LogP contribution in [-0.4, -0.2) is 42.7 Å². The second-order valence-electron chi connectivity index (χ2n) is 10.2. The Hall–Kier alpha value is -4.61. The summed E-state index contributed by atoms with van der Waals surface area (Å²) in [5.74, 6) is -2.75. The Kier molecular flexibility index (Phi) is 11.7. The van der Waals surface area contributed by atoms with Crippen LogP contribution >= 0.6 is 0 Å². The number of esters is 2. The minimum absolute atomic E-state index is 0.0421. The average molecular weight is 618 g/mol. The van der Waals surface area contributed by atoms with Crippen LogP contribution in [-0.2, 0) is 25.2 Å². The Morgan fingerprint density at radius 2 is 1.59 bits per heavy atom. The molecule has 0 aliphatic heterocycles. The van der Waals surface area contributed by atoms with E-state index in [1.807, 2.05) is 0 Å². The Balaban J connectivity index is 1.80. The van der Waals surface area contributed by atoms with E-state index in [1.165, 1.54) is 38.4 Å². The second-order valence-corrected chi connectivity index (χ2v) is 10.2. The first-order valence-electron chi connectivity index (χ1n) is 13.7. The average Bonchev–Trinajstić information content (AvgIpc) is 2.98. The van der Waals surface area contributed by atoms with Crippen molar-refractivity contribution in [3.8, 4) is 17.2 Å². The zero-order valence-electron chi connectivity index (χ0n) is 24.9. The van der Waals surface area contributed by atoms with Crippen molar-refractivity contribution < 1.29 is 51.2 Å². The Labute approximate surface area is 253 Å². The van der Waals surface area contributed by atoms with Crippen LogP contribution in [0.2, 0.25) is 0 Å². The number of carbonyl (C=O) groups is 3. The van der Waals surface area contributed by atoms with Gasteiger partial charge >= 0.3 is 18.1 Å². The number of benzene rings is 2. The molecule has 9 nitrogen and oxygen atoms in total. The number of ketones is 1. The maximum absolute atomic E-state index is 13.5. The fourth-order valence-corrected chi connectivity index (χ4v) is 4.27. The number of alkyl halides is 3. The van der Waals surface area contributed by atoms with Gasteiger partial charge in [-0.1, -0.05) is 44.2 Å². The van der Waals surface area contributed by atoms with E-state index in [9.17, 15) is 27.6 Å². The number of carbonyl (C=O) groups excluding carboxylic acids is 3. The summed E-state index contributed by atoms with van der Waals surface area (Å²) in [5, 5.41) is 0. The second kappa shape index (κ2) is 15.2. The van der Waals surface area contributed by atoms with Crippen LogP contribution in [0.3, 0.4) is 0 Å². The predicted octanol–water partition coefficient (Wildman–Crippen LogP) is 6.61. The first kappa shape index (κ1) is 33.9. The lowest BCUT2D eigenvalue weighted by atomic mass is 9.89. The summed E-state index contributed by atoms with van der Waals surface area (Å²) in [6.07, 6.45) is -5.22. The highest BCUT2D eigenvalue weighted by Gasteiger charge is 2.34. The lowest BCUT2D eigenvalue weighted by Crippen LogP contribution is -2.32. The van der Waals surface area contributed by atoms with Gasteiger partial charge in [0.15, 0.2) is 29.1 Å². The number of methoxy groups -OCH3 is 1. The molecule has 0 saturated heterocycles. The van der Waals surface area contributed by atoms with Crippen LogP contribution in [0.5, 0.6) is 17.2 Å². The maximum Gasteiger partial charge on any atom is 0.416 e. The topological polar surface area (TPSA) is 110 Å². The molecule has 0 fully saturated rings. The standard InChI is InChI=1S/C32H34F3NO8/c1-19(2)25(17-26(38)28-30(42-18-41-21(4)37)27(40-5)15-16-36-28)31(39)43-20(3)29(22-9-7-6-8-10-22)44-24-13-11-23(12-14-24)32(33,34)35/h6-16,19-20,25,29H,17-18H2,1-5H3/t20-,25-,29-/m0/s1. The smallest absolute Gasteiger partial charge is 0.416 e. The molecule has 0 N–H and O–H groups in total. The van der Waals surface area contributed by atoms with Crippen LogP contribution in [0.25, 0.3) is 0 Å². The summed E-state index contributed by atoms with van der Waals surface area (Å²) in [5.41, 5.74) is -0.314. The molecule has 1 aromatic heterocycles. The van der Waals surface area contributed by atoms with Crippen molar-refractivity contribution in [2.75, 3.05) is 13.9 Å².